The van der Waals surface area contributed by atoms with E-state index in [0.29, 0.717) is 12.0 Å². The molecule has 122 valence electrons. The summed E-state index contributed by atoms with van der Waals surface area (Å²) in [6, 6.07) is 3.93. The molecule has 8 nitrogen and oxygen atoms in total. The molecule has 2 atom stereocenters. The van der Waals surface area contributed by atoms with E-state index in [-0.39, 0.29) is 12.0 Å². The molecule has 2 unspecified atom stereocenters. The van der Waals surface area contributed by atoms with Gasteiger partial charge < -0.3 is 15.2 Å². The van der Waals surface area contributed by atoms with Gasteiger partial charge in [-0.25, -0.2) is 15.0 Å². The van der Waals surface area contributed by atoms with E-state index in [1.165, 1.54) is 0 Å². The molecule has 2 aliphatic rings. The number of hydrogen-bond acceptors (Lipinski definition) is 8. The Bertz CT molecular complexity index is 850. The third-order valence-corrected chi connectivity index (χ3v) is 4.22. The van der Waals surface area contributed by atoms with Gasteiger partial charge in [0.1, 0.15) is 11.6 Å². The smallest absolute Gasteiger partial charge is 0.316 e. The Hall–Kier alpha value is -3.16. The highest BCUT2D eigenvalue weighted by atomic mass is 16.5. The molecule has 0 aromatic carbocycles. The van der Waals surface area contributed by atoms with Crippen LogP contribution >= 0.6 is 0 Å². The predicted octanol–water partition coefficient (Wildman–Crippen LogP) is 1.05. The van der Waals surface area contributed by atoms with Gasteiger partial charge in [-0.15, -0.1) is 0 Å². The number of ether oxygens (including phenoxy) is 2. The first kappa shape index (κ1) is 14.4. The fourth-order valence-corrected chi connectivity index (χ4v) is 3.24. The van der Waals surface area contributed by atoms with Gasteiger partial charge in [0.05, 0.1) is 31.9 Å². The molecule has 2 aromatic rings. The number of guanidine groups is 1. The van der Waals surface area contributed by atoms with Gasteiger partial charge in [0.15, 0.2) is 0 Å². The van der Waals surface area contributed by atoms with Gasteiger partial charge >= 0.3 is 6.01 Å². The van der Waals surface area contributed by atoms with Crippen LogP contribution in [0, 0.1) is 0 Å². The lowest BCUT2D eigenvalue weighted by Gasteiger charge is -2.28. The van der Waals surface area contributed by atoms with E-state index in [2.05, 4.69) is 19.9 Å². The summed E-state index contributed by atoms with van der Waals surface area (Å²) >= 11 is 0. The molecular weight excluding hydrogens is 308 g/mol. The molecule has 4 heterocycles. The lowest BCUT2D eigenvalue weighted by molar-refractivity contribution is 0.376. The molecule has 0 bridgehead atoms. The number of rotatable bonds is 3. The summed E-state index contributed by atoms with van der Waals surface area (Å²) < 4.78 is 10.7. The number of anilines is 1. The maximum absolute atomic E-state index is 6.11. The lowest BCUT2D eigenvalue weighted by atomic mass is 9.91. The van der Waals surface area contributed by atoms with Gasteiger partial charge in [-0.3, -0.25) is 4.90 Å². The van der Waals surface area contributed by atoms with Crippen LogP contribution in [0.1, 0.15) is 17.2 Å². The summed E-state index contributed by atoms with van der Waals surface area (Å²) in [5.41, 5.74) is 7.84. The van der Waals surface area contributed by atoms with Crippen LogP contribution in [0.15, 0.2) is 41.8 Å². The summed E-state index contributed by atoms with van der Waals surface area (Å²) in [5, 5.41) is 0. The first-order valence-electron chi connectivity index (χ1n) is 7.43. The van der Waals surface area contributed by atoms with Crippen molar-refractivity contribution in [3.63, 3.8) is 0 Å². The zero-order valence-corrected chi connectivity index (χ0v) is 13.2. The molecule has 4 rings (SSSR count). The van der Waals surface area contributed by atoms with Gasteiger partial charge in [-0.2, -0.15) is 4.98 Å². The number of pyridine rings is 1. The highest BCUT2D eigenvalue weighted by Gasteiger charge is 2.44. The van der Waals surface area contributed by atoms with Crippen molar-refractivity contribution < 1.29 is 9.47 Å². The Labute approximate surface area is 138 Å². The van der Waals surface area contributed by atoms with E-state index in [4.69, 9.17) is 15.2 Å². The number of nitrogens with zero attached hydrogens (tertiary/aromatic N) is 5. The maximum Gasteiger partial charge on any atom is 0.316 e. The number of hydrogen-bond donors (Lipinski definition) is 1. The molecule has 0 aliphatic carbocycles. The van der Waals surface area contributed by atoms with Crippen molar-refractivity contribution in [2.45, 2.75) is 12.0 Å². The van der Waals surface area contributed by atoms with Crippen LogP contribution in [0.3, 0.4) is 0 Å². The number of methoxy groups -OCH3 is 2. The number of aromatic nitrogens is 3. The van der Waals surface area contributed by atoms with Crippen molar-refractivity contribution in [1.29, 1.82) is 0 Å². The molecule has 0 spiro atoms. The molecule has 2 aromatic heterocycles. The van der Waals surface area contributed by atoms with Crippen LogP contribution in [0.2, 0.25) is 0 Å². The van der Waals surface area contributed by atoms with Crippen LogP contribution < -0.4 is 20.1 Å². The van der Waals surface area contributed by atoms with Crippen LogP contribution in [0.5, 0.6) is 11.8 Å². The molecule has 2 aliphatic heterocycles. The lowest BCUT2D eigenvalue weighted by Crippen LogP contribution is -2.44. The van der Waals surface area contributed by atoms with Crippen LogP contribution in [-0.4, -0.2) is 41.2 Å². The molecule has 0 amide bonds. The molecular formula is C16H16N6O2. The molecule has 0 saturated carbocycles. The van der Waals surface area contributed by atoms with Crippen LogP contribution in [0.4, 0.5) is 5.82 Å². The Kier molecular flexibility index (Phi) is 3.30. The Morgan fingerprint density at radius 1 is 1.12 bits per heavy atom. The zero-order valence-electron chi connectivity index (χ0n) is 13.2. The van der Waals surface area contributed by atoms with Crippen molar-refractivity contribution in [3.05, 3.63) is 48.1 Å². The highest BCUT2D eigenvalue weighted by molar-refractivity contribution is 5.99. The van der Waals surface area contributed by atoms with E-state index < -0.39 is 0 Å². The molecule has 0 fully saturated rings. The molecule has 24 heavy (non-hydrogen) atoms. The number of aliphatic imine (C=N–C) groups is 1. The Morgan fingerprint density at radius 3 is 2.75 bits per heavy atom. The van der Waals surface area contributed by atoms with E-state index in [1.54, 1.807) is 32.8 Å². The quantitative estimate of drug-likeness (QED) is 0.901. The minimum Gasteiger partial charge on any atom is -0.496 e. The second-order valence-electron chi connectivity index (χ2n) is 5.39. The number of fused-ring (bicyclic) bond motifs is 3. The van der Waals surface area contributed by atoms with E-state index in [0.717, 1.165) is 22.8 Å². The maximum atomic E-state index is 6.11. The highest BCUT2D eigenvalue weighted by Crippen LogP contribution is 2.48. The zero-order chi connectivity index (χ0) is 16.7. The fraction of sp³-hybridized carbons (Fsp3) is 0.250. The first-order valence-corrected chi connectivity index (χ1v) is 7.43. The average Bonchev–Trinajstić information content (AvgIpc) is 2.97. The van der Waals surface area contributed by atoms with Crippen LogP contribution in [-0.2, 0) is 0 Å². The van der Waals surface area contributed by atoms with Crippen LogP contribution in [0.25, 0.3) is 0 Å². The third kappa shape index (κ3) is 1.99. The molecule has 0 radical (unpaired) electrons. The Balaban J connectivity index is 1.94. The summed E-state index contributed by atoms with van der Waals surface area (Å²) in [6.45, 7) is 0. The van der Waals surface area contributed by atoms with Crippen molar-refractivity contribution >= 4 is 11.8 Å². The largest absolute Gasteiger partial charge is 0.496 e. The van der Waals surface area contributed by atoms with Crippen molar-refractivity contribution in [3.8, 4) is 11.8 Å². The monoisotopic (exact) mass is 324 g/mol. The minimum atomic E-state index is -0.120. The van der Waals surface area contributed by atoms with Gasteiger partial charge in [0.25, 0.3) is 0 Å². The summed E-state index contributed by atoms with van der Waals surface area (Å²) in [4.78, 5) is 19.2. The van der Waals surface area contributed by atoms with E-state index >= 15 is 0 Å². The third-order valence-electron chi connectivity index (χ3n) is 4.22. The molecule has 8 heteroatoms. The summed E-state index contributed by atoms with van der Waals surface area (Å²) in [7, 11) is 3.18. The average molecular weight is 324 g/mol. The van der Waals surface area contributed by atoms with Crippen molar-refractivity contribution in [1.82, 2.24) is 15.0 Å². The summed E-state index contributed by atoms with van der Waals surface area (Å²) in [5.74, 6) is 1.74. The normalized spacial score (nSPS) is 21.1. The fourth-order valence-electron chi connectivity index (χ4n) is 3.24. The first-order chi connectivity index (χ1) is 11.7. The van der Waals surface area contributed by atoms with Gasteiger partial charge in [0.2, 0.25) is 5.96 Å². The second kappa shape index (κ2) is 5.48. The number of nitrogens with two attached hydrogens (primary N) is 1. The standard InChI is InChI=1S/C16H16N6O2/c1-23-11-5-8-18-14-13(11)12(9-3-6-20-16(21-9)24-2)10-4-7-19-15(17)22(10)14/h3-8,10,12H,1-2H3,(H2,17,19). The van der Waals surface area contributed by atoms with Gasteiger partial charge in [-0.05, 0) is 18.2 Å². The Morgan fingerprint density at radius 2 is 1.96 bits per heavy atom. The van der Waals surface area contributed by atoms with Gasteiger partial charge in [0, 0.05) is 24.2 Å². The second-order valence-corrected chi connectivity index (χ2v) is 5.39. The van der Waals surface area contributed by atoms with Crippen molar-refractivity contribution in [2.24, 2.45) is 10.7 Å². The summed E-state index contributed by atoms with van der Waals surface area (Å²) in [6.07, 6.45) is 7.07. The molecule has 0 saturated heterocycles. The van der Waals surface area contributed by atoms with Crippen molar-refractivity contribution in [2.75, 3.05) is 19.1 Å². The van der Waals surface area contributed by atoms with E-state index in [1.807, 2.05) is 23.1 Å². The van der Waals surface area contributed by atoms with E-state index in [9.17, 15) is 0 Å². The topological polar surface area (TPSA) is 98.8 Å². The minimum absolute atomic E-state index is 0.0825. The van der Waals surface area contributed by atoms with Gasteiger partial charge in [-0.1, -0.05) is 0 Å². The predicted molar refractivity (Wildman–Crippen MR) is 88.2 cm³/mol. The SMILES string of the molecule is COc1nccc(C2c3c(OC)ccnc3N3C(N)=NC=CC23)n1. The molecule has 2 N–H and O–H groups in total.